The van der Waals surface area contributed by atoms with Crippen molar-refractivity contribution in [3.63, 3.8) is 0 Å². The summed E-state index contributed by atoms with van der Waals surface area (Å²) in [7, 11) is 4.27. The third-order valence-corrected chi connectivity index (χ3v) is 6.65. The molecule has 0 unspecified atom stereocenters. The summed E-state index contributed by atoms with van der Waals surface area (Å²) >= 11 is 0. The van der Waals surface area contributed by atoms with Gasteiger partial charge in [-0.15, -0.1) is 0 Å². The zero-order valence-corrected chi connectivity index (χ0v) is 18.9. The molecular formula is C26H27BN2O3. The maximum atomic E-state index is 13.9. The predicted octanol–water partition coefficient (Wildman–Crippen LogP) is 2.43. The quantitative estimate of drug-likeness (QED) is 0.198. The van der Waals surface area contributed by atoms with Gasteiger partial charge in [-0.2, -0.15) is 0 Å². The van der Waals surface area contributed by atoms with E-state index in [1.807, 2.05) is 108 Å². The first-order valence-electron chi connectivity index (χ1n) is 11.0. The van der Waals surface area contributed by atoms with Crippen LogP contribution in [0.15, 0.2) is 85.2 Å². The summed E-state index contributed by atoms with van der Waals surface area (Å²) in [5, 5.41) is 2.08. The van der Waals surface area contributed by atoms with Gasteiger partial charge in [0.25, 0.3) is 5.97 Å². The molecule has 1 aromatic heterocycles. The largest absolute Gasteiger partial charge is 0.471 e. The molecule has 6 heteroatoms. The minimum atomic E-state index is -1.06. The molecule has 0 bridgehead atoms. The van der Waals surface area contributed by atoms with Crippen LogP contribution in [-0.4, -0.2) is 30.7 Å². The normalized spacial score (nSPS) is 13.0. The van der Waals surface area contributed by atoms with Crippen LogP contribution in [0.2, 0.25) is 5.82 Å². The summed E-state index contributed by atoms with van der Waals surface area (Å²) in [6.07, 6.45) is 3.94. The van der Waals surface area contributed by atoms with E-state index in [-0.39, 0.29) is 11.8 Å². The maximum Gasteiger partial charge on any atom is 0.274 e. The van der Waals surface area contributed by atoms with Crippen molar-refractivity contribution in [2.75, 3.05) is 7.11 Å². The van der Waals surface area contributed by atoms with Crippen LogP contribution in [0.1, 0.15) is 21.8 Å². The van der Waals surface area contributed by atoms with Gasteiger partial charge < -0.3 is 4.74 Å². The molecular weight excluding hydrogens is 399 g/mol. The minimum Gasteiger partial charge on any atom is -0.471 e. The highest BCUT2D eigenvalue weighted by molar-refractivity contribution is 6.57. The molecule has 0 aliphatic carbocycles. The molecule has 0 spiro atoms. The number of hydrogen-bond donors (Lipinski definition) is 0. The van der Waals surface area contributed by atoms with Crippen LogP contribution >= 0.6 is 0 Å². The molecule has 3 aromatic carbocycles. The molecule has 162 valence electrons. The van der Waals surface area contributed by atoms with Crippen molar-refractivity contribution in [2.45, 2.75) is 11.7 Å². The topological polar surface area (TPSA) is 52.2 Å². The minimum absolute atomic E-state index is 0.0574. The van der Waals surface area contributed by atoms with Crippen LogP contribution in [0.4, 0.5) is 0 Å². The lowest BCUT2D eigenvalue weighted by molar-refractivity contribution is -0.653. The van der Waals surface area contributed by atoms with Crippen LogP contribution < -0.4 is 10.3 Å². The number of aryl methyl sites for hydroxylation is 2. The Hall–Kier alpha value is -3.67. The van der Waals surface area contributed by atoms with Crippen molar-refractivity contribution in [2.24, 2.45) is 14.1 Å². The van der Waals surface area contributed by atoms with Crippen LogP contribution in [0.3, 0.4) is 0 Å². The summed E-state index contributed by atoms with van der Waals surface area (Å²) in [6, 6.07) is 23.3. The van der Waals surface area contributed by atoms with Crippen molar-refractivity contribution < 1.29 is 18.9 Å². The van der Waals surface area contributed by atoms with Crippen LogP contribution in [0.25, 0.3) is 10.8 Å². The van der Waals surface area contributed by atoms with Crippen molar-refractivity contribution in [1.29, 1.82) is 0 Å². The molecule has 0 amide bonds. The molecule has 0 saturated heterocycles. The number of aromatic nitrogens is 2. The fourth-order valence-electron chi connectivity index (χ4n) is 4.81. The first-order valence-corrected chi connectivity index (χ1v) is 11.0. The molecule has 0 aliphatic heterocycles. The van der Waals surface area contributed by atoms with Gasteiger partial charge in [0, 0.05) is 11.5 Å². The number of hydrogen-bond acceptors (Lipinski definition) is 3. The van der Waals surface area contributed by atoms with Crippen molar-refractivity contribution in [3.05, 3.63) is 96.3 Å². The smallest absolute Gasteiger partial charge is 0.274 e. The molecule has 0 radical (unpaired) electrons. The molecule has 0 fully saturated rings. The van der Waals surface area contributed by atoms with E-state index in [0.29, 0.717) is 5.56 Å². The van der Waals surface area contributed by atoms with E-state index in [9.17, 15) is 9.59 Å². The molecule has 4 rings (SSSR count). The van der Waals surface area contributed by atoms with Crippen LogP contribution in [0, 0.1) is 0 Å². The van der Waals surface area contributed by atoms with E-state index in [2.05, 4.69) is 0 Å². The second kappa shape index (κ2) is 9.22. The highest BCUT2D eigenvalue weighted by Gasteiger charge is 2.34. The van der Waals surface area contributed by atoms with E-state index in [1.165, 1.54) is 7.11 Å². The van der Waals surface area contributed by atoms with E-state index < -0.39 is 19.0 Å². The number of benzene rings is 3. The SMILES string of the molecule is COC(=O)[C@@H]([BH2-]c1n(C)cc[n+]1C)[C@@H](C(=O)c1ccc2ccccc2c1)c1ccccc1. The van der Waals surface area contributed by atoms with Gasteiger partial charge in [0.1, 0.15) is 19.7 Å². The first kappa shape index (κ1) is 21.6. The fraction of sp³-hybridized carbons (Fsp3) is 0.192. The number of Topliss-reactive ketones (excluding diaryl/α,β-unsaturated/α-hetero) is 1. The Kier molecular flexibility index (Phi) is 6.22. The number of ether oxygens (including phenoxy) is 1. The summed E-state index contributed by atoms with van der Waals surface area (Å²) in [5.41, 5.74) is 2.50. The predicted molar refractivity (Wildman–Crippen MR) is 128 cm³/mol. The van der Waals surface area contributed by atoms with Crippen molar-refractivity contribution in [3.8, 4) is 0 Å². The van der Waals surface area contributed by atoms with Crippen molar-refractivity contribution >= 4 is 35.5 Å². The molecule has 4 aromatic rings. The molecule has 5 nitrogen and oxygen atoms in total. The Morgan fingerprint density at radius 3 is 2.31 bits per heavy atom. The van der Waals surface area contributed by atoms with E-state index in [4.69, 9.17) is 4.74 Å². The van der Waals surface area contributed by atoms with Crippen molar-refractivity contribution in [1.82, 2.24) is 4.57 Å². The number of imidazole rings is 1. The summed E-state index contributed by atoms with van der Waals surface area (Å²) in [4.78, 5) is 27.0. The Morgan fingerprint density at radius 2 is 1.66 bits per heavy atom. The third kappa shape index (κ3) is 4.21. The molecule has 0 saturated carbocycles. The lowest BCUT2D eigenvalue weighted by Crippen LogP contribution is -2.52. The van der Waals surface area contributed by atoms with Gasteiger partial charge in [-0.3, -0.25) is 18.7 Å². The second-order valence-corrected chi connectivity index (χ2v) is 8.48. The monoisotopic (exact) mass is 426 g/mol. The Balaban J connectivity index is 1.82. The van der Waals surface area contributed by atoms with Gasteiger partial charge in [-0.25, -0.2) is 0 Å². The molecule has 0 aliphatic rings. The lowest BCUT2D eigenvalue weighted by Gasteiger charge is -2.28. The second-order valence-electron chi connectivity index (χ2n) is 8.48. The van der Waals surface area contributed by atoms with Gasteiger partial charge >= 0.3 is 0 Å². The number of carbonyl (C=O) groups is 2. The zero-order valence-electron chi connectivity index (χ0n) is 18.9. The fourth-order valence-corrected chi connectivity index (χ4v) is 4.81. The number of methoxy groups -OCH3 is 1. The highest BCUT2D eigenvalue weighted by atomic mass is 16.5. The van der Waals surface area contributed by atoms with E-state index in [0.717, 1.165) is 22.1 Å². The number of ketones is 1. The summed E-state index contributed by atoms with van der Waals surface area (Å²) in [6.45, 7) is 0. The first-order chi connectivity index (χ1) is 15.5. The number of rotatable bonds is 7. The highest BCUT2D eigenvalue weighted by Crippen LogP contribution is 2.34. The zero-order chi connectivity index (χ0) is 22.7. The number of carbonyl (C=O) groups excluding carboxylic acids is 2. The Bertz CT molecular complexity index is 1250. The molecule has 32 heavy (non-hydrogen) atoms. The Morgan fingerprint density at radius 1 is 0.969 bits per heavy atom. The van der Waals surface area contributed by atoms with E-state index in [1.54, 1.807) is 0 Å². The average molecular weight is 426 g/mol. The maximum absolute atomic E-state index is 13.9. The van der Waals surface area contributed by atoms with Gasteiger partial charge in [0.15, 0.2) is 5.78 Å². The van der Waals surface area contributed by atoms with Crippen LogP contribution in [-0.2, 0) is 23.6 Å². The van der Waals surface area contributed by atoms with Gasteiger partial charge in [-0.05, 0) is 28.2 Å². The van der Waals surface area contributed by atoms with Crippen LogP contribution in [0.5, 0.6) is 0 Å². The van der Waals surface area contributed by atoms with Gasteiger partial charge in [0.2, 0.25) is 0 Å². The third-order valence-electron chi connectivity index (χ3n) is 6.65. The van der Waals surface area contributed by atoms with Gasteiger partial charge in [-0.1, -0.05) is 66.7 Å². The molecule has 2 atom stereocenters. The number of fused-ring (bicyclic) bond motifs is 1. The number of nitrogens with zero attached hydrogens (tertiary/aromatic N) is 2. The standard InChI is InChI=1S/C26H27BN2O3/c1-28-15-16-29(2)26(28)27-23(25(31)32-3)22(19-10-5-4-6-11-19)24(30)21-14-13-18-9-7-8-12-20(18)17-21/h4-17,22-23H,27H2,1-3H3/t22-,23-/m0/s1. The molecule has 1 heterocycles. The molecule has 0 N–H and O–H groups in total. The van der Waals surface area contributed by atoms with Gasteiger partial charge in [0.05, 0.1) is 26.9 Å². The average Bonchev–Trinajstić information content (AvgIpc) is 3.15. The number of esters is 1. The summed E-state index contributed by atoms with van der Waals surface area (Å²) in [5.74, 6) is -1.55. The summed E-state index contributed by atoms with van der Waals surface area (Å²) < 4.78 is 9.27. The van der Waals surface area contributed by atoms with E-state index >= 15 is 0 Å². The Labute approximate surface area is 188 Å². The lowest BCUT2D eigenvalue weighted by atomic mass is 9.55.